The van der Waals surface area contributed by atoms with Gasteiger partial charge in [0.05, 0.1) is 24.0 Å². The third kappa shape index (κ3) is 4.34. The highest BCUT2D eigenvalue weighted by Crippen LogP contribution is 2.25. The lowest BCUT2D eigenvalue weighted by molar-refractivity contribution is -0.117. The van der Waals surface area contributed by atoms with Crippen LogP contribution in [0.25, 0.3) is 0 Å². The van der Waals surface area contributed by atoms with Crippen LogP contribution in [0.5, 0.6) is 0 Å². The Morgan fingerprint density at radius 3 is 2.72 bits per heavy atom. The van der Waals surface area contributed by atoms with Gasteiger partial charge in [-0.15, -0.1) is 0 Å². The van der Waals surface area contributed by atoms with Crippen molar-refractivity contribution < 1.29 is 9.53 Å². The van der Waals surface area contributed by atoms with Crippen molar-refractivity contribution in [2.75, 3.05) is 28.7 Å². The number of aryl methyl sites for hydroxylation is 1. The zero-order chi connectivity index (χ0) is 20.4. The number of nitrogens with one attached hydrogen (secondary N) is 2. The summed E-state index contributed by atoms with van der Waals surface area (Å²) in [6, 6.07) is 1.78. The molecule has 3 atom stereocenters. The average Bonchev–Trinajstić information content (AvgIpc) is 3.28. The molecular weight excluding hydrogens is 370 g/mol. The first kappa shape index (κ1) is 19.6. The van der Waals surface area contributed by atoms with Gasteiger partial charge in [0.2, 0.25) is 5.91 Å². The van der Waals surface area contributed by atoms with E-state index in [4.69, 9.17) is 4.74 Å². The SMILES string of the molecule is CC(C)[C@@H]1OCCC[C@@H]1Nc1cc(N[C@@H]2CCN(c3cnn(C)c3)C2=O)ncn1. The van der Waals surface area contributed by atoms with Crippen LogP contribution in [0, 0.1) is 5.92 Å². The quantitative estimate of drug-likeness (QED) is 0.767. The van der Waals surface area contributed by atoms with Gasteiger partial charge in [0.1, 0.15) is 24.0 Å². The molecule has 2 aliphatic heterocycles. The largest absolute Gasteiger partial charge is 0.376 e. The molecule has 0 radical (unpaired) electrons. The third-order valence-corrected chi connectivity index (χ3v) is 5.55. The monoisotopic (exact) mass is 399 g/mol. The van der Waals surface area contributed by atoms with E-state index in [1.165, 1.54) is 6.33 Å². The highest BCUT2D eigenvalue weighted by atomic mass is 16.5. The average molecular weight is 399 g/mol. The molecule has 2 aliphatic rings. The first-order valence-corrected chi connectivity index (χ1v) is 10.3. The Kier molecular flexibility index (Phi) is 5.66. The van der Waals surface area contributed by atoms with Gasteiger partial charge in [-0.3, -0.25) is 9.48 Å². The molecule has 4 heterocycles. The molecule has 156 valence electrons. The lowest BCUT2D eigenvalue weighted by atomic mass is 9.94. The molecule has 9 nitrogen and oxygen atoms in total. The molecule has 29 heavy (non-hydrogen) atoms. The van der Waals surface area contributed by atoms with Crippen LogP contribution in [0.1, 0.15) is 33.1 Å². The molecule has 0 aromatic carbocycles. The van der Waals surface area contributed by atoms with Crippen molar-refractivity contribution in [2.24, 2.45) is 13.0 Å². The van der Waals surface area contributed by atoms with Crippen LogP contribution in [0.2, 0.25) is 0 Å². The summed E-state index contributed by atoms with van der Waals surface area (Å²) in [5.41, 5.74) is 0.823. The molecule has 0 saturated carbocycles. The summed E-state index contributed by atoms with van der Waals surface area (Å²) in [7, 11) is 1.84. The fraction of sp³-hybridized carbons (Fsp3) is 0.600. The molecule has 2 saturated heterocycles. The minimum atomic E-state index is -0.306. The summed E-state index contributed by atoms with van der Waals surface area (Å²) in [6.07, 6.45) is 8.06. The van der Waals surface area contributed by atoms with Crippen LogP contribution in [0.15, 0.2) is 24.8 Å². The Labute approximate surface area is 170 Å². The highest BCUT2D eigenvalue weighted by Gasteiger charge is 2.33. The molecule has 2 N–H and O–H groups in total. The molecule has 1 amide bonds. The summed E-state index contributed by atoms with van der Waals surface area (Å²) in [4.78, 5) is 23.2. The van der Waals surface area contributed by atoms with E-state index in [0.717, 1.165) is 31.0 Å². The summed E-state index contributed by atoms with van der Waals surface area (Å²) < 4.78 is 7.65. The van der Waals surface area contributed by atoms with Crippen LogP contribution in [-0.4, -0.2) is 57.0 Å². The number of aromatic nitrogens is 4. The first-order chi connectivity index (χ1) is 14.0. The number of carbonyl (C=O) groups is 1. The van der Waals surface area contributed by atoms with Crippen LogP contribution in [-0.2, 0) is 16.6 Å². The van der Waals surface area contributed by atoms with Crippen molar-refractivity contribution >= 4 is 23.2 Å². The number of hydrogen-bond donors (Lipinski definition) is 2. The van der Waals surface area contributed by atoms with Crippen molar-refractivity contribution in [2.45, 2.75) is 51.3 Å². The smallest absolute Gasteiger partial charge is 0.249 e. The van der Waals surface area contributed by atoms with E-state index in [0.29, 0.717) is 24.7 Å². The normalized spacial score (nSPS) is 24.9. The molecule has 0 spiro atoms. The minimum Gasteiger partial charge on any atom is -0.376 e. The van der Waals surface area contributed by atoms with Gasteiger partial charge in [0, 0.05) is 32.5 Å². The molecule has 2 aromatic heterocycles. The second kappa shape index (κ2) is 8.36. The molecule has 4 rings (SSSR count). The van der Waals surface area contributed by atoms with E-state index >= 15 is 0 Å². The van der Waals surface area contributed by atoms with E-state index < -0.39 is 0 Å². The number of hydrogen-bond acceptors (Lipinski definition) is 7. The second-order valence-corrected chi connectivity index (χ2v) is 8.11. The van der Waals surface area contributed by atoms with E-state index in [1.54, 1.807) is 15.8 Å². The first-order valence-electron chi connectivity index (χ1n) is 10.3. The number of rotatable bonds is 6. The summed E-state index contributed by atoms with van der Waals surface area (Å²) in [5, 5.41) is 10.9. The van der Waals surface area contributed by atoms with E-state index in [2.05, 4.69) is 39.5 Å². The predicted octanol–water partition coefficient (Wildman–Crippen LogP) is 2.04. The van der Waals surface area contributed by atoms with Crippen LogP contribution >= 0.6 is 0 Å². The van der Waals surface area contributed by atoms with Gasteiger partial charge in [0.25, 0.3) is 0 Å². The van der Waals surface area contributed by atoms with Crippen molar-refractivity contribution in [3.05, 3.63) is 24.8 Å². The molecule has 0 aliphatic carbocycles. The fourth-order valence-electron chi connectivity index (χ4n) is 4.12. The van der Waals surface area contributed by atoms with Crippen molar-refractivity contribution in [3.63, 3.8) is 0 Å². The Balaban J connectivity index is 1.41. The van der Waals surface area contributed by atoms with Gasteiger partial charge >= 0.3 is 0 Å². The Morgan fingerprint density at radius 2 is 2.00 bits per heavy atom. The van der Waals surface area contributed by atoms with Crippen molar-refractivity contribution in [1.29, 1.82) is 0 Å². The van der Waals surface area contributed by atoms with Gasteiger partial charge in [-0.05, 0) is 25.2 Å². The third-order valence-electron chi connectivity index (χ3n) is 5.55. The standard InChI is InChI=1S/C20H29N7O2/c1-13(2)19-15(5-4-8-29-19)24-17-9-18(22-12-21-17)25-16-6-7-27(20(16)28)14-10-23-26(3)11-14/h9-13,15-16,19H,4-8H2,1-3H3,(H2,21,22,24,25)/t15-,16+,19-/m0/s1. The molecule has 2 aromatic rings. The summed E-state index contributed by atoms with van der Waals surface area (Å²) in [6.45, 7) is 5.83. The maximum Gasteiger partial charge on any atom is 0.249 e. The Hall–Kier alpha value is -2.68. The number of amides is 1. The fourth-order valence-corrected chi connectivity index (χ4v) is 4.12. The lowest BCUT2D eigenvalue weighted by Crippen LogP contribution is -2.43. The number of ether oxygens (including phenoxy) is 1. The molecule has 2 fully saturated rings. The van der Waals surface area contributed by atoms with E-state index in [9.17, 15) is 4.79 Å². The maximum atomic E-state index is 12.8. The predicted molar refractivity (Wildman–Crippen MR) is 111 cm³/mol. The van der Waals surface area contributed by atoms with Crippen LogP contribution < -0.4 is 15.5 Å². The van der Waals surface area contributed by atoms with E-state index in [1.807, 2.05) is 19.3 Å². The van der Waals surface area contributed by atoms with Crippen molar-refractivity contribution in [3.8, 4) is 0 Å². The Morgan fingerprint density at radius 1 is 1.21 bits per heavy atom. The molecule has 0 bridgehead atoms. The summed E-state index contributed by atoms with van der Waals surface area (Å²) in [5.74, 6) is 1.86. The zero-order valence-electron chi connectivity index (χ0n) is 17.2. The van der Waals surface area contributed by atoms with Gasteiger partial charge in [-0.2, -0.15) is 5.10 Å². The number of anilines is 3. The molecule has 0 unspecified atom stereocenters. The van der Waals surface area contributed by atoms with Gasteiger partial charge in [0.15, 0.2) is 0 Å². The minimum absolute atomic E-state index is 0.0340. The van der Waals surface area contributed by atoms with Crippen LogP contribution in [0.3, 0.4) is 0 Å². The van der Waals surface area contributed by atoms with Crippen LogP contribution in [0.4, 0.5) is 17.3 Å². The lowest BCUT2D eigenvalue weighted by Gasteiger charge is -2.35. The van der Waals surface area contributed by atoms with E-state index in [-0.39, 0.29) is 24.1 Å². The van der Waals surface area contributed by atoms with Gasteiger partial charge < -0.3 is 20.3 Å². The number of nitrogens with zero attached hydrogens (tertiary/aromatic N) is 5. The topological polar surface area (TPSA) is 97.2 Å². The second-order valence-electron chi connectivity index (χ2n) is 8.11. The number of carbonyl (C=O) groups excluding carboxylic acids is 1. The van der Waals surface area contributed by atoms with Gasteiger partial charge in [-0.1, -0.05) is 13.8 Å². The molecular formula is C20H29N7O2. The van der Waals surface area contributed by atoms with Crippen molar-refractivity contribution in [1.82, 2.24) is 19.7 Å². The zero-order valence-corrected chi connectivity index (χ0v) is 17.2. The summed E-state index contributed by atoms with van der Waals surface area (Å²) >= 11 is 0. The molecule has 9 heteroatoms. The Bertz CT molecular complexity index is 853. The maximum absolute atomic E-state index is 12.8. The van der Waals surface area contributed by atoms with Gasteiger partial charge in [-0.25, -0.2) is 9.97 Å². The highest BCUT2D eigenvalue weighted by molar-refractivity contribution is 6.00.